The van der Waals surface area contributed by atoms with Crippen LogP contribution in [-0.2, 0) is 15.6 Å². The Hall–Kier alpha value is -0.974. The normalized spacial score (nSPS) is 19.2. The fraction of sp³-hybridized carbons (Fsp3) is 0.414. The van der Waals surface area contributed by atoms with Crippen LogP contribution in [0.25, 0.3) is 11.1 Å². The van der Waals surface area contributed by atoms with Gasteiger partial charge in [0, 0.05) is 12.8 Å². The second kappa shape index (κ2) is 9.35. The monoisotopic (exact) mass is 454 g/mol. The number of ketones is 1. The van der Waals surface area contributed by atoms with Crippen molar-refractivity contribution in [3.05, 3.63) is 82.1 Å². The summed E-state index contributed by atoms with van der Waals surface area (Å²) in [5, 5.41) is 10.2. The van der Waals surface area contributed by atoms with E-state index in [1.165, 1.54) is 35.1 Å². The van der Waals surface area contributed by atoms with Crippen molar-refractivity contribution in [1.82, 2.24) is 0 Å². The van der Waals surface area contributed by atoms with Crippen LogP contribution in [0.4, 0.5) is 0 Å². The van der Waals surface area contributed by atoms with E-state index in [1.807, 2.05) is 24.3 Å². The van der Waals surface area contributed by atoms with Gasteiger partial charge in [0.1, 0.15) is 5.76 Å². The summed E-state index contributed by atoms with van der Waals surface area (Å²) >= 11 is 0. The van der Waals surface area contributed by atoms with E-state index in [0.717, 1.165) is 23.1 Å². The summed E-state index contributed by atoms with van der Waals surface area (Å²) in [6.07, 6.45) is 4.21. The zero-order chi connectivity index (χ0) is 22.6. The molecule has 2 aliphatic carbocycles. The minimum absolute atomic E-state index is 0. The molecule has 2 aromatic carbocycles. The maximum atomic E-state index is 12.3. The maximum absolute atomic E-state index is 12.3. The molecule has 4 rings (SSSR count). The molecule has 2 aromatic rings. The molecule has 2 aliphatic rings. The standard InChI is InChI=1S/C29H34O2.K.H/c1-18-16-23-24(29(5,6)15-14-28(23,3)4)17-22(18)19(2)20-10-12-21(13-11-20)27-25(30)8-7-9-26(27)31;;/h10-13,16-17,30H,2,7-9,14-15H2,1,3-6H3;;. The Balaban J connectivity index is 0.00000289. The van der Waals surface area contributed by atoms with Crippen LogP contribution in [0.2, 0.25) is 0 Å². The molecule has 0 atom stereocenters. The molecule has 1 N–H and O–H groups in total. The van der Waals surface area contributed by atoms with Crippen molar-refractivity contribution in [3.8, 4) is 0 Å². The van der Waals surface area contributed by atoms with Crippen molar-refractivity contribution in [3.63, 3.8) is 0 Å². The topological polar surface area (TPSA) is 37.3 Å². The number of allylic oxidation sites excluding steroid dienone is 2. The van der Waals surface area contributed by atoms with Gasteiger partial charge in [0.05, 0.1) is 5.57 Å². The van der Waals surface area contributed by atoms with Gasteiger partial charge in [-0.1, -0.05) is 70.7 Å². The molecule has 2 nitrogen and oxygen atoms in total. The number of hydrogen-bond donors (Lipinski definition) is 1. The fourth-order valence-electron chi connectivity index (χ4n) is 5.20. The van der Waals surface area contributed by atoms with Gasteiger partial charge in [-0.05, 0) is 76.0 Å². The number of carbonyl (C=O) groups excluding carboxylic acids is 1. The summed E-state index contributed by atoms with van der Waals surface area (Å²) in [6.45, 7) is 16.0. The first-order valence-electron chi connectivity index (χ1n) is 11.4. The van der Waals surface area contributed by atoms with E-state index in [0.29, 0.717) is 18.4 Å². The molecule has 0 radical (unpaired) electrons. The summed E-state index contributed by atoms with van der Waals surface area (Å²) in [4.78, 5) is 12.3. The summed E-state index contributed by atoms with van der Waals surface area (Å²) in [5.74, 6) is 0.254. The Morgan fingerprint density at radius 1 is 0.938 bits per heavy atom. The molecular formula is C29H35KO2. The van der Waals surface area contributed by atoms with E-state index in [2.05, 4.69) is 53.3 Å². The van der Waals surface area contributed by atoms with Crippen LogP contribution < -0.4 is 0 Å². The summed E-state index contributed by atoms with van der Waals surface area (Å²) in [6, 6.07) is 12.7. The summed E-state index contributed by atoms with van der Waals surface area (Å²) in [7, 11) is 0. The van der Waals surface area contributed by atoms with Gasteiger partial charge in [-0.15, -0.1) is 0 Å². The molecule has 3 heteroatoms. The summed E-state index contributed by atoms with van der Waals surface area (Å²) < 4.78 is 0. The molecule has 0 unspecified atom stereocenters. The second-order valence-electron chi connectivity index (χ2n) is 10.6. The number of aliphatic hydroxyl groups is 1. The average Bonchev–Trinajstić information content (AvgIpc) is 2.71. The predicted octanol–water partition coefficient (Wildman–Crippen LogP) is 6.78. The van der Waals surface area contributed by atoms with Crippen molar-refractivity contribution < 1.29 is 9.90 Å². The molecule has 0 aromatic heterocycles. The van der Waals surface area contributed by atoms with Crippen molar-refractivity contribution in [1.29, 1.82) is 0 Å². The zero-order valence-corrected chi connectivity index (χ0v) is 19.6. The van der Waals surface area contributed by atoms with Gasteiger partial charge in [0.25, 0.3) is 0 Å². The predicted molar refractivity (Wildman–Crippen MR) is 137 cm³/mol. The van der Waals surface area contributed by atoms with E-state index < -0.39 is 0 Å². The Labute approximate surface area is 235 Å². The number of fused-ring (bicyclic) bond motifs is 1. The molecule has 0 saturated heterocycles. The van der Waals surface area contributed by atoms with Gasteiger partial charge in [-0.25, -0.2) is 0 Å². The molecule has 0 bridgehead atoms. The molecule has 0 heterocycles. The number of aryl methyl sites for hydroxylation is 1. The SMILES string of the molecule is C=C(c1ccc(C2=C(O)CCCC2=O)cc1)c1cc2c(cc1C)C(C)(C)CCC2(C)C.[KH]. The van der Waals surface area contributed by atoms with Crippen LogP contribution in [0.5, 0.6) is 0 Å². The van der Waals surface area contributed by atoms with Crippen molar-refractivity contribution in [2.75, 3.05) is 0 Å². The summed E-state index contributed by atoms with van der Waals surface area (Å²) in [5.41, 5.74) is 9.01. The van der Waals surface area contributed by atoms with Crippen LogP contribution in [-0.4, -0.2) is 62.3 Å². The van der Waals surface area contributed by atoms with Gasteiger partial charge in [0.15, 0.2) is 5.78 Å². The molecule has 0 fully saturated rings. The van der Waals surface area contributed by atoms with Gasteiger partial charge in [-0.2, -0.15) is 0 Å². The van der Waals surface area contributed by atoms with Gasteiger partial charge < -0.3 is 5.11 Å². The second-order valence-corrected chi connectivity index (χ2v) is 10.6. The molecular weight excluding hydrogens is 419 g/mol. The van der Waals surface area contributed by atoms with Crippen LogP contribution in [0.15, 0.2) is 48.7 Å². The Morgan fingerprint density at radius 2 is 1.50 bits per heavy atom. The average molecular weight is 455 g/mol. The van der Waals surface area contributed by atoms with Crippen LogP contribution in [0.3, 0.4) is 0 Å². The molecule has 164 valence electrons. The number of aliphatic hydroxyl groups excluding tert-OH is 1. The first-order chi connectivity index (χ1) is 14.5. The van der Waals surface area contributed by atoms with Gasteiger partial charge in [0.2, 0.25) is 0 Å². The molecule has 0 spiro atoms. The van der Waals surface area contributed by atoms with E-state index in [9.17, 15) is 9.90 Å². The Bertz CT molecular complexity index is 1100. The number of hydrogen-bond acceptors (Lipinski definition) is 2. The number of carbonyl (C=O) groups is 1. The zero-order valence-electron chi connectivity index (χ0n) is 19.6. The van der Waals surface area contributed by atoms with Gasteiger partial charge in [-0.3, -0.25) is 4.79 Å². The first kappa shape index (κ1) is 25.6. The third-order valence-electron chi connectivity index (χ3n) is 7.43. The molecule has 0 amide bonds. The van der Waals surface area contributed by atoms with Crippen molar-refractivity contribution >= 4 is 68.3 Å². The first-order valence-corrected chi connectivity index (χ1v) is 11.4. The van der Waals surface area contributed by atoms with E-state index in [1.54, 1.807) is 0 Å². The number of rotatable bonds is 3. The molecule has 32 heavy (non-hydrogen) atoms. The fourth-order valence-corrected chi connectivity index (χ4v) is 5.20. The molecule has 0 saturated carbocycles. The Morgan fingerprint density at radius 3 is 2.06 bits per heavy atom. The van der Waals surface area contributed by atoms with Gasteiger partial charge >= 0.3 is 51.4 Å². The van der Waals surface area contributed by atoms with Crippen molar-refractivity contribution in [2.45, 2.75) is 77.6 Å². The number of benzene rings is 2. The number of Topliss-reactive ketones (excluding diaryl/α,β-unsaturated/α-hetero) is 1. The molecule has 0 aliphatic heterocycles. The minimum atomic E-state index is 0. The van der Waals surface area contributed by atoms with E-state index >= 15 is 0 Å². The third-order valence-corrected chi connectivity index (χ3v) is 7.43. The van der Waals surface area contributed by atoms with E-state index in [-0.39, 0.29) is 73.8 Å². The van der Waals surface area contributed by atoms with Crippen LogP contribution >= 0.6 is 0 Å². The third kappa shape index (κ3) is 4.65. The van der Waals surface area contributed by atoms with Crippen LogP contribution in [0.1, 0.15) is 93.2 Å². The van der Waals surface area contributed by atoms with Crippen molar-refractivity contribution in [2.24, 2.45) is 0 Å². The Kier molecular flexibility index (Phi) is 7.49. The van der Waals surface area contributed by atoms with E-state index in [4.69, 9.17) is 0 Å². The quantitative estimate of drug-likeness (QED) is 0.519. The van der Waals surface area contributed by atoms with Crippen LogP contribution in [0, 0.1) is 6.92 Å².